The highest BCUT2D eigenvalue weighted by Gasteiger charge is 2.56. The maximum atomic E-state index is 12.0. The molecular weight excluding hydrogens is 214 g/mol. The van der Waals surface area contributed by atoms with Gasteiger partial charge in [-0.2, -0.15) is 0 Å². The highest BCUT2D eigenvalue weighted by Crippen LogP contribution is 2.49. The number of rotatable bonds is 2. The molecule has 0 aromatic carbocycles. The van der Waals surface area contributed by atoms with Gasteiger partial charge in [0.05, 0.1) is 0 Å². The largest absolute Gasteiger partial charge is 0.323 e. The third kappa shape index (κ3) is 1.65. The average Bonchev–Trinajstić information content (AvgIpc) is 2.94. The van der Waals surface area contributed by atoms with Gasteiger partial charge >= 0.3 is 6.03 Å². The highest BCUT2D eigenvalue weighted by atomic mass is 16.2. The first-order valence-electron chi connectivity index (χ1n) is 6.61. The molecule has 17 heavy (non-hydrogen) atoms. The number of nitrogens with zero attached hydrogens (tertiary/aromatic N) is 1. The minimum atomic E-state index is -0.302. The number of amidine groups is 1. The van der Waals surface area contributed by atoms with E-state index in [0.717, 1.165) is 25.8 Å². The summed E-state index contributed by atoms with van der Waals surface area (Å²) >= 11 is 0. The fourth-order valence-corrected chi connectivity index (χ4v) is 3.39. The number of urea groups is 1. The van der Waals surface area contributed by atoms with Crippen LogP contribution in [0.3, 0.4) is 0 Å². The summed E-state index contributed by atoms with van der Waals surface area (Å²) in [6.07, 6.45) is 5.48. The maximum absolute atomic E-state index is 12.0. The lowest BCUT2D eigenvalue weighted by Gasteiger charge is -2.34. The van der Waals surface area contributed by atoms with Crippen LogP contribution >= 0.6 is 0 Å². The normalized spacial score (nSPS) is 35.8. The Labute approximate surface area is 102 Å². The summed E-state index contributed by atoms with van der Waals surface area (Å²) in [6.45, 7) is 5.34. The van der Waals surface area contributed by atoms with Crippen LogP contribution < -0.4 is 5.32 Å². The molecule has 1 aliphatic heterocycles. The SMILES string of the molecule is CC1(C)CCC2(C1)C(=N)NC(=O)N2CC1CC1. The van der Waals surface area contributed by atoms with Crippen LogP contribution in [0.4, 0.5) is 4.79 Å². The van der Waals surface area contributed by atoms with Crippen LogP contribution in [0.15, 0.2) is 0 Å². The molecule has 1 atom stereocenters. The molecule has 1 unspecified atom stereocenters. The molecule has 2 amide bonds. The molecule has 4 nitrogen and oxygen atoms in total. The Morgan fingerprint density at radius 2 is 2.12 bits per heavy atom. The quantitative estimate of drug-likeness (QED) is 0.758. The Kier molecular flexibility index (Phi) is 2.11. The molecule has 4 heteroatoms. The summed E-state index contributed by atoms with van der Waals surface area (Å²) in [5, 5.41) is 10.9. The van der Waals surface area contributed by atoms with Crippen molar-refractivity contribution in [2.24, 2.45) is 11.3 Å². The predicted molar refractivity (Wildman–Crippen MR) is 66.1 cm³/mol. The maximum Gasteiger partial charge on any atom is 0.323 e. The lowest BCUT2D eigenvalue weighted by molar-refractivity contribution is 0.163. The van der Waals surface area contributed by atoms with Crippen molar-refractivity contribution >= 4 is 11.9 Å². The van der Waals surface area contributed by atoms with Gasteiger partial charge in [-0.25, -0.2) is 4.79 Å². The van der Waals surface area contributed by atoms with Crippen LogP contribution in [0.1, 0.15) is 46.0 Å². The predicted octanol–water partition coefficient (Wildman–Crippen LogP) is 2.35. The second-order valence-electron chi connectivity index (χ2n) is 6.73. The topological polar surface area (TPSA) is 56.2 Å². The number of nitrogens with one attached hydrogen (secondary N) is 2. The second kappa shape index (κ2) is 3.24. The van der Waals surface area contributed by atoms with Crippen LogP contribution in [0.5, 0.6) is 0 Å². The van der Waals surface area contributed by atoms with E-state index < -0.39 is 0 Å². The molecule has 3 rings (SSSR count). The van der Waals surface area contributed by atoms with E-state index >= 15 is 0 Å². The fraction of sp³-hybridized carbons (Fsp3) is 0.846. The van der Waals surface area contributed by atoms with E-state index in [9.17, 15) is 4.79 Å². The zero-order valence-electron chi connectivity index (χ0n) is 10.7. The summed E-state index contributed by atoms with van der Waals surface area (Å²) < 4.78 is 0. The molecule has 0 bridgehead atoms. The third-order valence-electron chi connectivity index (χ3n) is 4.58. The molecule has 3 fully saturated rings. The van der Waals surface area contributed by atoms with E-state index in [1.54, 1.807) is 0 Å². The van der Waals surface area contributed by atoms with E-state index in [0.29, 0.717) is 11.8 Å². The number of amides is 2. The standard InChI is InChI=1S/C13H21N3O/c1-12(2)5-6-13(8-12)10(14)15-11(17)16(13)7-9-3-4-9/h9H,3-8H2,1-2H3,(H2,14,15,17). The summed E-state index contributed by atoms with van der Waals surface area (Å²) in [6, 6.07) is -0.0420. The summed E-state index contributed by atoms with van der Waals surface area (Å²) in [5.41, 5.74) is -0.0520. The fourth-order valence-electron chi connectivity index (χ4n) is 3.39. The smallest absolute Gasteiger partial charge is 0.311 e. The molecule has 94 valence electrons. The van der Waals surface area contributed by atoms with Gasteiger partial charge < -0.3 is 4.90 Å². The molecule has 3 aliphatic rings. The van der Waals surface area contributed by atoms with Gasteiger partial charge in [-0.15, -0.1) is 0 Å². The number of carbonyl (C=O) groups is 1. The highest BCUT2D eigenvalue weighted by molar-refractivity contribution is 6.08. The minimum absolute atomic E-state index is 0.0420. The van der Waals surface area contributed by atoms with E-state index in [4.69, 9.17) is 5.41 Å². The van der Waals surface area contributed by atoms with Crippen molar-refractivity contribution in [2.75, 3.05) is 6.54 Å². The first-order valence-corrected chi connectivity index (χ1v) is 6.61. The average molecular weight is 235 g/mol. The van der Waals surface area contributed by atoms with Crippen molar-refractivity contribution in [3.05, 3.63) is 0 Å². The molecule has 0 radical (unpaired) electrons. The first kappa shape index (κ1) is 11.1. The lowest BCUT2D eigenvalue weighted by atomic mass is 9.86. The van der Waals surface area contributed by atoms with Crippen molar-refractivity contribution in [3.8, 4) is 0 Å². The Balaban J connectivity index is 1.88. The molecule has 2 N–H and O–H groups in total. The summed E-state index contributed by atoms with van der Waals surface area (Å²) in [4.78, 5) is 14.0. The lowest BCUT2D eigenvalue weighted by Crippen LogP contribution is -2.48. The number of hydrogen-bond acceptors (Lipinski definition) is 2. The number of hydrogen-bond donors (Lipinski definition) is 2. The Morgan fingerprint density at radius 1 is 1.41 bits per heavy atom. The van der Waals surface area contributed by atoms with Gasteiger partial charge in [0, 0.05) is 6.54 Å². The van der Waals surface area contributed by atoms with Gasteiger partial charge in [0.15, 0.2) is 0 Å². The number of carbonyl (C=O) groups excluding carboxylic acids is 1. The van der Waals surface area contributed by atoms with Crippen molar-refractivity contribution in [2.45, 2.75) is 51.5 Å². The monoisotopic (exact) mass is 235 g/mol. The van der Waals surface area contributed by atoms with Gasteiger partial charge in [-0.3, -0.25) is 10.7 Å². The van der Waals surface area contributed by atoms with E-state index in [1.807, 2.05) is 4.90 Å². The van der Waals surface area contributed by atoms with Crippen molar-refractivity contribution in [3.63, 3.8) is 0 Å². The Hall–Kier alpha value is -1.06. The second-order valence-corrected chi connectivity index (χ2v) is 6.73. The molecule has 2 saturated carbocycles. The van der Waals surface area contributed by atoms with Gasteiger partial charge in [0.25, 0.3) is 0 Å². The summed E-state index contributed by atoms with van der Waals surface area (Å²) in [7, 11) is 0. The van der Waals surface area contributed by atoms with Gasteiger partial charge in [0.2, 0.25) is 0 Å². The molecule has 1 saturated heterocycles. The molecule has 2 aliphatic carbocycles. The minimum Gasteiger partial charge on any atom is -0.311 e. The summed E-state index contributed by atoms with van der Waals surface area (Å²) in [5.74, 6) is 1.13. The van der Waals surface area contributed by atoms with Crippen molar-refractivity contribution < 1.29 is 4.79 Å². The van der Waals surface area contributed by atoms with Crippen LogP contribution in [0.2, 0.25) is 0 Å². The van der Waals surface area contributed by atoms with Crippen LogP contribution in [-0.4, -0.2) is 28.9 Å². The van der Waals surface area contributed by atoms with Crippen LogP contribution in [0.25, 0.3) is 0 Å². The van der Waals surface area contributed by atoms with Crippen LogP contribution in [-0.2, 0) is 0 Å². The van der Waals surface area contributed by atoms with Gasteiger partial charge in [-0.1, -0.05) is 13.8 Å². The van der Waals surface area contributed by atoms with Crippen molar-refractivity contribution in [1.29, 1.82) is 5.41 Å². The Morgan fingerprint density at radius 3 is 2.65 bits per heavy atom. The third-order valence-corrected chi connectivity index (χ3v) is 4.58. The molecular formula is C13H21N3O. The first-order chi connectivity index (χ1) is 7.93. The van der Waals surface area contributed by atoms with Crippen molar-refractivity contribution in [1.82, 2.24) is 10.2 Å². The molecule has 0 aromatic rings. The molecule has 1 heterocycles. The van der Waals surface area contributed by atoms with E-state index in [2.05, 4.69) is 19.2 Å². The Bertz CT molecular complexity index is 386. The van der Waals surface area contributed by atoms with E-state index in [-0.39, 0.29) is 17.0 Å². The van der Waals surface area contributed by atoms with E-state index in [1.165, 1.54) is 12.8 Å². The zero-order chi connectivity index (χ0) is 12.3. The molecule has 0 aromatic heterocycles. The van der Waals surface area contributed by atoms with Crippen LogP contribution in [0, 0.1) is 16.7 Å². The molecule has 1 spiro atoms. The zero-order valence-corrected chi connectivity index (χ0v) is 10.7. The van der Waals surface area contributed by atoms with Gasteiger partial charge in [0.1, 0.15) is 11.4 Å². The van der Waals surface area contributed by atoms with Gasteiger partial charge in [-0.05, 0) is 43.4 Å².